The van der Waals surface area contributed by atoms with Gasteiger partial charge in [-0.3, -0.25) is 19.6 Å². The Morgan fingerprint density at radius 3 is 2.53 bits per heavy atom. The minimum Gasteiger partial charge on any atom is -0.507 e. The van der Waals surface area contributed by atoms with E-state index in [9.17, 15) is 14.7 Å². The van der Waals surface area contributed by atoms with E-state index in [-0.39, 0.29) is 24.0 Å². The van der Waals surface area contributed by atoms with Crippen molar-refractivity contribution in [2.24, 2.45) is 0 Å². The molecule has 1 amide bonds. The van der Waals surface area contributed by atoms with E-state index >= 15 is 0 Å². The summed E-state index contributed by atoms with van der Waals surface area (Å²) >= 11 is 0. The van der Waals surface area contributed by atoms with Crippen molar-refractivity contribution < 1.29 is 19.4 Å². The van der Waals surface area contributed by atoms with Crippen LogP contribution in [0.5, 0.6) is 5.75 Å². The molecule has 0 aliphatic carbocycles. The molecule has 0 bridgehead atoms. The van der Waals surface area contributed by atoms with Gasteiger partial charge in [-0.15, -0.1) is 0 Å². The number of carbonyl (C=O) groups is 2. The van der Waals surface area contributed by atoms with E-state index in [1.807, 2.05) is 19.9 Å². The summed E-state index contributed by atoms with van der Waals surface area (Å²) in [5.41, 5.74) is 1.90. The van der Waals surface area contributed by atoms with Crippen LogP contribution < -0.4 is 4.74 Å². The van der Waals surface area contributed by atoms with Crippen molar-refractivity contribution in [3.8, 4) is 5.75 Å². The van der Waals surface area contributed by atoms with Crippen molar-refractivity contribution in [3.05, 3.63) is 95.6 Å². The summed E-state index contributed by atoms with van der Waals surface area (Å²) < 4.78 is 5.72. The number of carbonyl (C=O) groups excluding carboxylic acids is 2. The Labute approximate surface area is 186 Å². The van der Waals surface area contributed by atoms with Gasteiger partial charge in [0.25, 0.3) is 11.7 Å². The number of aliphatic hydroxyl groups is 1. The molecule has 1 saturated heterocycles. The minimum atomic E-state index is -0.757. The molecule has 4 rings (SSSR count). The molecule has 0 saturated carbocycles. The second kappa shape index (κ2) is 9.01. The van der Waals surface area contributed by atoms with Gasteiger partial charge in [-0.2, -0.15) is 0 Å². The fraction of sp³-hybridized carbons (Fsp3) is 0.200. The van der Waals surface area contributed by atoms with Gasteiger partial charge in [0.15, 0.2) is 0 Å². The van der Waals surface area contributed by atoms with Crippen LogP contribution >= 0.6 is 0 Å². The Balaban J connectivity index is 1.82. The zero-order chi connectivity index (χ0) is 22.7. The lowest BCUT2D eigenvalue weighted by Crippen LogP contribution is -2.29. The summed E-state index contributed by atoms with van der Waals surface area (Å²) in [7, 11) is 0. The maximum absolute atomic E-state index is 13.1. The van der Waals surface area contributed by atoms with Crippen LogP contribution in [0.25, 0.3) is 5.76 Å². The first-order valence-corrected chi connectivity index (χ1v) is 10.3. The Kier molecular flexibility index (Phi) is 5.98. The van der Waals surface area contributed by atoms with E-state index in [0.29, 0.717) is 16.9 Å². The van der Waals surface area contributed by atoms with Gasteiger partial charge in [-0.1, -0.05) is 18.2 Å². The van der Waals surface area contributed by atoms with Gasteiger partial charge in [-0.25, -0.2) is 0 Å². The van der Waals surface area contributed by atoms with E-state index in [1.54, 1.807) is 67.3 Å². The maximum atomic E-state index is 13.1. The molecule has 7 heteroatoms. The fourth-order valence-electron chi connectivity index (χ4n) is 3.77. The second-order valence-electron chi connectivity index (χ2n) is 7.76. The highest BCUT2D eigenvalue weighted by Gasteiger charge is 2.46. The lowest BCUT2D eigenvalue weighted by Gasteiger charge is -2.25. The Hall–Kier alpha value is -4.00. The molecule has 3 aromatic rings. The SMILES string of the molecule is CC(C)Oc1cccc(/C(O)=C2/C(=O)C(=O)N(Cc3cccnc3)C2c2ccncc2)c1. The van der Waals surface area contributed by atoms with Crippen molar-refractivity contribution in [1.29, 1.82) is 0 Å². The highest BCUT2D eigenvalue weighted by atomic mass is 16.5. The molecule has 162 valence electrons. The van der Waals surface area contributed by atoms with Crippen LogP contribution in [0.1, 0.15) is 36.6 Å². The molecule has 0 radical (unpaired) electrons. The first-order chi connectivity index (χ1) is 15.5. The molecule has 1 fully saturated rings. The number of ether oxygens (including phenoxy) is 1. The van der Waals surface area contributed by atoms with Crippen LogP contribution in [0.3, 0.4) is 0 Å². The highest BCUT2D eigenvalue weighted by Crippen LogP contribution is 2.40. The molecule has 3 heterocycles. The number of benzene rings is 1. The molecular formula is C25H23N3O4. The van der Waals surface area contributed by atoms with Gasteiger partial charge >= 0.3 is 0 Å². The van der Waals surface area contributed by atoms with Crippen molar-refractivity contribution in [2.75, 3.05) is 0 Å². The van der Waals surface area contributed by atoms with Gasteiger partial charge in [0, 0.05) is 36.9 Å². The van der Waals surface area contributed by atoms with E-state index < -0.39 is 17.7 Å². The third kappa shape index (κ3) is 4.23. The number of amides is 1. The molecule has 1 aromatic carbocycles. The zero-order valence-electron chi connectivity index (χ0n) is 17.8. The van der Waals surface area contributed by atoms with Gasteiger partial charge in [0.05, 0.1) is 17.7 Å². The average molecular weight is 429 g/mol. The molecule has 1 atom stereocenters. The number of pyridine rings is 2. The number of rotatable bonds is 6. The largest absolute Gasteiger partial charge is 0.507 e. The average Bonchev–Trinajstić information content (AvgIpc) is 3.04. The molecule has 1 aliphatic rings. The summed E-state index contributed by atoms with van der Waals surface area (Å²) in [6, 6.07) is 13.2. The molecular weight excluding hydrogens is 406 g/mol. The topological polar surface area (TPSA) is 92.6 Å². The fourth-order valence-corrected chi connectivity index (χ4v) is 3.77. The van der Waals surface area contributed by atoms with Crippen molar-refractivity contribution in [2.45, 2.75) is 32.5 Å². The first kappa shape index (κ1) is 21.2. The maximum Gasteiger partial charge on any atom is 0.295 e. The van der Waals surface area contributed by atoms with Gasteiger partial charge in [0.1, 0.15) is 11.5 Å². The first-order valence-electron chi connectivity index (χ1n) is 10.3. The van der Waals surface area contributed by atoms with Crippen LogP contribution in [-0.4, -0.2) is 37.8 Å². The molecule has 32 heavy (non-hydrogen) atoms. The lowest BCUT2D eigenvalue weighted by atomic mass is 9.96. The van der Waals surface area contributed by atoms with E-state index in [0.717, 1.165) is 5.56 Å². The monoisotopic (exact) mass is 429 g/mol. The quantitative estimate of drug-likeness (QED) is 0.363. The van der Waals surface area contributed by atoms with Crippen molar-refractivity contribution in [3.63, 3.8) is 0 Å². The lowest BCUT2D eigenvalue weighted by molar-refractivity contribution is -0.140. The minimum absolute atomic E-state index is 0.0341. The normalized spacial score (nSPS) is 17.7. The Bertz CT molecular complexity index is 1160. The third-order valence-corrected chi connectivity index (χ3v) is 5.12. The molecule has 2 aromatic heterocycles. The highest BCUT2D eigenvalue weighted by molar-refractivity contribution is 6.46. The molecule has 1 N–H and O–H groups in total. The van der Waals surface area contributed by atoms with Crippen LogP contribution in [0.4, 0.5) is 0 Å². The van der Waals surface area contributed by atoms with E-state index in [2.05, 4.69) is 9.97 Å². The number of hydrogen-bond donors (Lipinski definition) is 1. The number of hydrogen-bond acceptors (Lipinski definition) is 6. The predicted octanol–water partition coefficient (Wildman–Crippen LogP) is 3.89. The van der Waals surface area contributed by atoms with Crippen LogP contribution in [0.2, 0.25) is 0 Å². The van der Waals surface area contributed by atoms with Crippen molar-refractivity contribution >= 4 is 17.4 Å². The van der Waals surface area contributed by atoms with E-state index in [1.165, 1.54) is 4.90 Å². The summed E-state index contributed by atoms with van der Waals surface area (Å²) in [6.45, 7) is 3.98. The molecule has 1 unspecified atom stereocenters. The number of ketones is 1. The zero-order valence-corrected chi connectivity index (χ0v) is 17.8. The Morgan fingerprint density at radius 2 is 1.84 bits per heavy atom. The van der Waals surface area contributed by atoms with Gasteiger partial charge in [-0.05, 0) is 55.3 Å². The van der Waals surface area contributed by atoms with Gasteiger partial charge < -0.3 is 14.7 Å². The van der Waals surface area contributed by atoms with Crippen LogP contribution in [-0.2, 0) is 16.1 Å². The summed E-state index contributed by atoms with van der Waals surface area (Å²) in [4.78, 5) is 35.7. The molecule has 0 spiro atoms. The van der Waals surface area contributed by atoms with Crippen molar-refractivity contribution in [1.82, 2.24) is 14.9 Å². The Morgan fingerprint density at radius 1 is 1.06 bits per heavy atom. The number of nitrogens with zero attached hydrogens (tertiary/aromatic N) is 3. The third-order valence-electron chi connectivity index (χ3n) is 5.12. The number of aliphatic hydroxyl groups excluding tert-OH is 1. The van der Waals surface area contributed by atoms with Crippen LogP contribution in [0, 0.1) is 0 Å². The standard InChI is InChI=1S/C25H23N3O4/c1-16(2)32-20-7-3-6-19(13-20)23(29)21-22(18-8-11-26-12-9-18)28(25(31)24(21)30)15-17-5-4-10-27-14-17/h3-14,16,22,29H,15H2,1-2H3/b23-21-. The smallest absolute Gasteiger partial charge is 0.295 e. The predicted molar refractivity (Wildman–Crippen MR) is 119 cm³/mol. The van der Waals surface area contributed by atoms with Gasteiger partial charge in [0.2, 0.25) is 0 Å². The summed E-state index contributed by atoms with van der Waals surface area (Å²) in [6.07, 6.45) is 6.43. The summed E-state index contributed by atoms with van der Waals surface area (Å²) in [5, 5.41) is 11.2. The van der Waals surface area contributed by atoms with E-state index in [4.69, 9.17) is 4.74 Å². The number of Topliss-reactive ketones (excluding diaryl/α,β-unsaturated/α-hetero) is 1. The number of likely N-dealkylation sites (tertiary alicyclic amines) is 1. The second-order valence-corrected chi connectivity index (χ2v) is 7.76. The summed E-state index contributed by atoms with van der Waals surface area (Å²) in [5.74, 6) is -1.09. The molecule has 1 aliphatic heterocycles. The number of aromatic nitrogens is 2. The van der Waals surface area contributed by atoms with Crippen LogP contribution in [0.15, 0.2) is 78.9 Å². The molecule has 7 nitrogen and oxygen atoms in total.